The molecule has 2 amide bonds. The monoisotopic (exact) mass is 414 g/mol. The SMILES string of the molecule is CC(=O)c1ccccc1NC(=O)COC(=O)[C@@H](NC(=O)c1ccccc1F)C(C)C. The summed E-state index contributed by atoms with van der Waals surface area (Å²) in [6.07, 6.45) is 0. The second-order valence-corrected chi connectivity index (χ2v) is 6.93. The zero-order chi connectivity index (χ0) is 22.3. The predicted molar refractivity (Wildman–Crippen MR) is 109 cm³/mol. The molecule has 0 aliphatic heterocycles. The Kier molecular flexibility index (Phi) is 7.80. The molecule has 30 heavy (non-hydrogen) atoms. The fourth-order valence-corrected chi connectivity index (χ4v) is 2.67. The van der Waals surface area contributed by atoms with Crippen molar-refractivity contribution < 1.29 is 28.3 Å². The van der Waals surface area contributed by atoms with Crippen molar-refractivity contribution in [3.05, 3.63) is 65.5 Å². The number of carbonyl (C=O) groups excluding carboxylic acids is 4. The first-order valence-corrected chi connectivity index (χ1v) is 9.32. The molecule has 0 bridgehead atoms. The Morgan fingerprint density at radius 1 is 0.967 bits per heavy atom. The molecule has 1 atom stereocenters. The van der Waals surface area contributed by atoms with E-state index in [4.69, 9.17) is 4.74 Å². The number of para-hydroxylation sites is 1. The number of ether oxygens (including phenoxy) is 1. The van der Waals surface area contributed by atoms with Crippen LogP contribution in [0.15, 0.2) is 48.5 Å². The van der Waals surface area contributed by atoms with Crippen LogP contribution in [0.3, 0.4) is 0 Å². The Morgan fingerprint density at radius 3 is 2.17 bits per heavy atom. The van der Waals surface area contributed by atoms with Gasteiger partial charge in [-0.05, 0) is 37.1 Å². The van der Waals surface area contributed by atoms with E-state index in [2.05, 4.69) is 10.6 Å². The quantitative estimate of drug-likeness (QED) is 0.511. The lowest BCUT2D eigenvalue weighted by molar-refractivity contribution is -0.150. The van der Waals surface area contributed by atoms with Crippen molar-refractivity contribution in [1.29, 1.82) is 0 Å². The van der Waals surface area contributed by atoms with Gasteiger partial charge in [0.05, 0.1) is 11.3 Å². The number of esters is 1. The summed E-state index contributed by atoms with van der Waals surface area (Å²) in [5, 5.41) is 4.96. The smallest absolute Gasteiger partial charge is 0.329 e. The van der Waals surface area contributed by atoms with Gasteiger partial charge in [0, 0.05) is 5.56 Å². The molecule has 0 heterocycles. The van der Waals surface area contributed by atoms with Crippen LogP contribution in [0.5, 0.6) is 0 Å². The molecule has 7 nitrogen and oxygen atoms in total. The molecule has 0 radical (unpaired) electrons. The zero-order valence-corrected chi connectivity index (χ0v) is 16.9. The number of Topliss-reactive ketones (excluding diaryl/α,β-unsaturated/α-hetero) is 1. The Bertz CT molecular complexity index is 958. The average Bonchev–Trinajstić information content (AvgIpc) is 2.70. The number of anilines is 1. The molecule has 158 valence electrons. The standard InChI is InChI=1S/C22H23FN2O5/c1-13(2)20(25-21(28)16-9-4-6-10-17(16)23)22(29)30-12-19(27)24-18-11-7-5-8-15(18)14(3)26/h4-11,13,20H,12H2,1-3H3,(H,24,27)(H,25,28)/t20-/m0/s1. The Hall–Kier alpha value is -3.55. The molecule has 0 aliphatic rings. The number of amides is 2. The maximum atomic E-state index is 13.8. The van der Waals surface area contributed by atoms with Gasteiger partial charge in [-0.25, -0.2) is 9.18 Å². The molecule has 2 N–H and O–H groups in total. The molecule has 0 aliphatic carbocycles. The van der Waals surface area contributed by atoms with Crippen LogP contribution in [0.4, 0.5) is 10.1 Å². The lowest BCUT2D eigenvalue weighted by atomic mass is 10.0. The van der Waals surface area contributed by atoms with Crippen LogP contribution in [-0.2, 0) is 14.3 Å². The summed E-state index contributed by atoms with van der Waals surface area (Å²) in [5.41, 5.74) is 0.434. The number of hydrogen-bond acceptors (Lipinski definition) is 5. The molecule has 0 saturated heterocycles. The van der Waals surface area contributed by atoms with Crippen LogP contribution >= 0.6 is 0 Å². The van der Waals surface area contributed by atoms with Crippen LogP contribution in [0, 0.1) is 11.7 Å². The summed E-state index contributed by atoms with van der Waals surface area (Å²) >= 11 is 0. The number of rotatable bonds is 8. The first-order chi connectivity index (χ1) is 14.2. The highest BCUT2D eigenvalue weighted by Gasteiger charge is 2.27. The van der Waals surface area contributed by atoms with Gasteiger partial charge in [-0.1, -0.05) is 38.1 Å². The first kappa shape index (κ1) is 22.7. The topological polar surface area (TPSA) is 102 Å². The third-order valence-electron chi connectivity index (χ3n) is 4.25. The molecule has 2 rings (SSSR count). The van der Waals surface area contributed by atoms with Gasteiger partial charge in [0.1, 0.15) is 11.9 Å². The fraction of sp³-hybridized carbons (Fsp3) is 0.273. The van der Waals surface area contributed by atoms with E-state index in [1.165, 1.54) is 25.1 Å². The van der Waals surface area contributed by atoms with Gasteiger partial charge in [-0.2, -0.15) is 0 Å². The second-order valence-electron chi connectivity index (χ2n) is 6.93. The molecule has 8 heteroatoms. The van der Waals surface area contributed by atoms with Crippen LogP contribution < -0.4 is 10.6 Å². The highest BCUT2D eigenvalue weighted by atomic mass is 19.1. The van der Waals surface area contributed by atoms with Gasteiger partial charge >= 0.3 is 5.97 Å². The van der Waals surface area contributed by atoms with Gasteiger partial charge in [-0.3, -0.25) is 14.4 Å². The van der Waals surface area contributed by atoms with E-state index in [-0.39, 0.29) is 17.3 Å². The average molecular weight is 414 g/mol. The Morgan fingerprint density at radius 2 is 1.57 bits per heavy atom. The van der Waals surface area contributed by atoms with Crippen LogP contribution in [0.25, 0.3) is 0 Å². The summed E-state index contributed by atoms with van der Waals surface area (Å²) in [4.78, 5) is 48.5. The minimum atomic E-state index is -1.07. The van der Waals surface area contributed by atoms with E-state index in [0.29, 0.717) is 11.3 Å². The van der Waals surface area contributed by atoms with Gasteiger partial charge < -0.3 is 15.4 Å². The summed E-state index contributed by atoms with van der Waals surface area (Å²) in [5.74, 6) is -3.53. The molecular formula is C22H23FN2O5. The predicted octanol–water partition coefficient (Wildman–Crippen LogP) is 2.96. The van der Waals surface area contributed by atoms with E-state index in [0.717, 1.165) is 6.07 Å². The van der Waals surface area contributed by atoms with Crippen molar-refractivity contribution in [2.45, 2.75) is 26.8 Å². The summed E-state index contributed by atoms with van der Waals surface area (Å²) in [7, 11) is 0. The summed E-state index contributed by atoms with van der Waals surface area (Å²) < 4.78 is 18.8. The number of halogens is 1. The van der Waals surface area contributed by atoms with Crippen molar-refractivity contribution in [3.8, 4) is 0 Å². The fourth-order valence-electron chi connectivity index (χ4n) is 2.67. The van der Waals surface area contributed by atoms with E-state index < -0.39 is 36.2 Å². The maximum absolute atomic E-state index is 13.8. The molecular weight excluding hydrogens is 391 g/mol. The van der Waals surface area contributed by atoms with Crippen molar-refractivity contribution in [2.24, 2.45) is 5.92 Å². The minimum Gasteiger partial charge on any atom is -0.454 e. The number of ketones is 1. The molecule has 0 unspecified atom stereocenters. The highest BCUT2D eigenvalue weighted by Crippen LogP contribution is 2.15. The van der Waals surface area contributed by atoms with Crippen LogP contribution in [0.1, 0.15) is 41.5 Å². The molecule has 2 aromatic rings. The van der Waals surface area contributed by atoms with Gasteiger partial charge in [0.2, 0.25) is 0 Å². The van der Waals surface area contributed by atoms with E-state index in [1.807, 2.05) is 0 Å². The highest BCUT2D eigenvalue weighted by molar-refractivity contribution is 6.04. The largest absolute Gasteiger partial charge is 0.454 e. The number of benzene rings is 2. The van der Waals surface area contributed by atoms with E-state index in [9.17, 15) is 23.6 Å². The summed E-state index contributed by atoms with van der Waals surface area (Å²) in [6, 6.07) is 10.8. The normalized spacial score (nSPS) is 11.5. The Labute approximate surface area is 173 Å². The zero-order valence-electron chi connectivity index (χ0n) is 16.9. The van der Waals surface area contributed by atoms with E-state index >= 15 is 0 Å². The van der Waals surface area contributed by atoms with Gasteiger partial charge in [0.15, 0.2) is 12.4 Å². The molecule has 0 aromatic heterocycles. The van der Waals surface area contributed by atoms with Crippen molar-refractivity contribution in [1.82, 2.24) is 5.32 Å². The minimum absolute atomic E-state index is 0.200. The van der Waals surface area contributed by atoms with Crippen molar-refractivity contribution in [3.63, 3.8) is 0 Å². The number of carbonyl (C=O) groups is 4. The molecule has 0 fully saturated rings. The summed E-state index contributed by atoms with van der Waals surface area (Å²) in [6.45, 7) is 4.12. The third-order valence-corrected chi connectivity index (χ3v) is 4.25. The second kappa shape index (κ2) is 10.3. The van der Waals surface area contributed by atoms with E-state index in [1.54, 1.807) is 38.1 Å². The van der Waals surface area contributed by atoms with Gasteiger partial charge in [-0.15, -0.1) is 0 Å². The van der Waals surface area contributed by atoms with Gasteiger partial charge in [0.25, 0.3) is 11.8 Å². The molecule has 0 saturated carbocycles. The van der Waals surface area contributed by atoms with Crippen molar-refractivity contribution >= 4 is 29.3 Å². The third kappa shape index (κ3) is 5.97. The molecule has 0 spiro atoms. The van der Waals surface area contributed by atoms with Crippen LogP contribution in [-0.4, -0.2) is 36.2 Å². The molecule has 2 aromatic carbocycles. The first-order valence-electron chi connectivity index (χ1n) is 9.32. The lowest BCUT2D eigenvalue weighted by Gasteiger charge is -2.21. The number of hydrogen-bond donors (Lipinski definition) is 2. The number of nitrogens with one attached hydrogen (secondary N) is 2. The van der Waals surface area contributed by atoms with Crippen molar-refractivity contribution in [2.75, 3.05) is 11.9 Å². The lowest BCUT2D eigenvalue weighted by Crippen LogP contribution is -2.46. The Balaban J connectivity index is 1.99. The maximum Gasteiger partial charge on any atom is 0.329 e. The van der Waals surface area contributed by atoms with Crippen LogP contribution in [0.2, 0.25) is 0 Å².